The van der Waals surface area contributed by atoms with Crippen LogP contribution in [0, 0.1) is 0 Å². The molecule has 0 spiro atoms. The third kappa shape index (κ3) is 2.44. The number of carbonyl (C=O) groups is 1. The number of anilines is 1. The Kier molecular flexibility index (Phi) is 4.12. The van der Waals surface area contributed by atoms with Crippen LogP contribution in [-0.4, -0.2) is 32.1 Å². The lowest BCUT2D eigenvalue weighted by Gasteiger charge is -2.34. The number of amides is 1. The van der Waals surface area contributed by atoms with Gasteiger partial charge in [0.15, 0.2) is 0 Å². The first kappa shape index (κ1) is 12.8. The van der Waals surface area contributed by atoms with Crippen molar-refractivity contribution < 1.29 is 18.3 Å². The van der Waals surface area contributed by atoms with Gasteiger partial charge in [-0.05, 0) is 24.5 Å². The molecule has 1 atom stereocenters. The summed E-state index contributed by atoms with van der Waals surface area (Å²) in [6.07, 6.45) is 0.609. The molecule has 18 heavy (non-hydrogen) atoms. The fraction of sp³-hybridized carbons (Fsp3) is 0.462. The van der Waals surface area contributed by atoms with Gasteiger partial charge in [-0.15, -0.1) is 0 Å². The maximum Gasteiger partial charge on any atom is 0.414 e. The molecule has 1 aliphatic rings. The molecule has 98 valence electrons. The third-order valence-electron chi connectivity index (χ3n) is 3.04. The van der Waals surface area contributed by atoms with Gasteiger partial charge in [-0.1, -0.05) is 18.2 Å². The second-order valence-corrected chi connectivity index (χ2v) is 4.15. The predicted molar refractivity (Wildman–Crippen MR) is 64.3 cm³/mol. The minimum atomic E-state index is -0.735. The van der Waals surface area contributed by atoms with E-state index in [1.165, 1.54) is 4.90 Å². The first-order valence-corrected chi connectivity index (χ1v) is 5.93. The number of aryl methyl sites for hydroxylation is 1. The summed E-state index contributed by atoms with van der Waals surface area (Å²) >= 11 is 0. The minimum absolute atomic E-state index is 0.295. The van der Waals surface area contributed by atoms with E-state index >= 15 is 0 Å². The van der Waals surface area contributed by atoms with Gasteiger partial charge in [-0.3, -0.25) is 4.90 Å². The zero-order valence-electron chi connectivity index (χ0n) is 9.94. The number of halogens is 2. The van der Waals surface area contributed by atoms with Crippen molar-refractivity contribution in [3.05, 3.63) is 29.8 Å². The quantitative estimate of drug-likeness (QED) is 0.831. The fourth-order valence-electron chi connectivity index (χ4n) is 2.19. The van der Waals surface area contributed by atoms with Crippen LogP contribution in [0.3, 0.4) is 0 Å². The average Bonchev–Trinajstić information content (AvgIpc) is 2.43. The van der Waals surface area contributed by atoms with Gasteiger partial charge in [0.05, 0.1) is 11.7 Å². The lowest BCUT2D eigenvalue weighted by atomic mass is 9.97. The summed E-state index contributed by atoms with van der Waals surface area (Å²) < 4.78 is 29.8. The molecule has 0 saturated heterocycles. The number of hydrogen-bond acceptors (Lipinski definition) is 2. The number of hydrogen-bond donors (Lipinski definition) is 0. The van der Waals surface area contributed by atoms with Crippen molar-refractivity contribution in [2.24, 2.45) is 0 Å². The average molecular weight is 255 g/mol. The van der Waals surface area contributed by atoms with Crippen molar-refractivity contribution in [1.29, 1.82) is 0 Å². The Hall–Kier alpha value is -1.65. The zero-order valence-corrected chi connectivity index (χ0v) is 9.94. The lowest BCUT2D eigenvalue weighted by Crippen LogP contribution is -2.45. The van der Waals surface area contributed by atoms with Crippen molar-refractivity contribution in [3.8, 4) is 0 Å². The van der Waals surface area contributed by atoms with Crippen molar-refractivity contribution in [3.63, 3.8) is 0 Å². The van der Waals surface area contributed by atoms with Gasteiger partial charge in [0.2, 0.25) is 0 Å². The van der Waals surface area contributed by atoms with Gasteiger partial charge in [0, 0.05) is 0 Å². The molecule has 0 aromatic heterocycles. The molecule has 1 amide bonds. The van der Waals surface area contributed by atoms with Gasteiger partial charge >= 0.3 is 6.09 Å². The van der Waals surface area contributed by atoms with Crippen molar-refractivity contribution >= 4 is 11.8 Å². The second kappa shape index (κ2) is 5.80. The van der Waals surface area contributed by atoms with Gasteiger partial charge in [0.25, 0.3) is 0 Å². The normalized spacial score (nSPS) is 18.3. The first-order valence-electron chi connectivity index (χ1n) is 5.93. The number of carbonyl (C=O) groups excluding carboxylic acids is 1. The largest absolute Gasteiger partial charge is 0.446 e. The highest BCUT2D eigenvalue weighted by Gasteiger charge is 2.31. The van der Waals surface area contributed by atoms with E-state index in [1.54, 1.807) is 12.1 Å². The summed E-state index contributed by atoms with van der Waals surface area (Å²) in [6.45, 7) is -1.66. The molecule has 0 bridgehead atoms. The Balaban J connectivity index is 2.26. The Morgan fingerprint density at radius 3 is 2.89 bits per heavy atom. The van der Waals surface area contributed by atoms with Crippen LogP contribution < -0.4 is 4.90 Å². The Morgan fingerprint density at radius 1 is 1.39 bits per heavy atom. The van der Waals surface area contributed by atoms with Gasteiger partial charge < -0.3 is 4.74 Å². The van der Waals surface area contributed by atoms with E-state index < -0.39 is 25.5 Å². The summed E-state index contributed by atoms with van der Waals surface area (Å²) in [6, 6.07) is 6.80. The number of para-hydroxylation sites is 1. The highest BCUT2D eigenvalue weighted by Crippen LogP contribution is 2.31. The second-order valence-electron chi connectivity index (χ2n) is 4.15. The molecular weight excluding hydrogens is 240 g/mol. The molecule has 2 rings (SSSR count). The van der Waals surface area contributed by atoms with Crippen LogP contribution in [0.2, 0.25) is 0 Å². The van der Waals surface area contributed by atoms with E-state index in [0.717, 1.165) is 12.0 Å². The van der Waals surface area contributed by atoms with E-state index in [0.29, 0.717) is 12.1 Å². The van der Waals surface area contributed by atoms with Crippen LogP contribution in [-0.2, 0) is 11.2 Å². The van der Waals surface area contributed by atoms with E-state index in [-0.39, 0.29) is 6.61 Å². The Labute approximate surface area is 104 Å². The van der Waals surface area contributed by atoms with E-state index in [1.807, 2.05) is 12.1 Å². The lowest BCUT2D eigenvalue weighted by molar-refractivity contribution is 0.140. The topological polar surface area (TPSA) is 29.5 Å². The van der Waals surface area contributed by atoms with Gasteiger partial charge in [-0.2, -0.15) is 0 Å². The minimum Gasteiger partial charge on any atom is -0.446 e. The third-order valence-corrected chi connectivity index (χ3v) is 3.04. The zero-order chi connectivity index (χ0) is 13.0. The summed E-state index contributed by atoms with van der Waals surface area (Å²) in [5.41, 5.74) is 1.65. The van der Waals surface area contributed by atoms with Crippen LogP contribution in [0.15, 0.2) is 24.3 Å². The predicted octanol–water partition coefficient (Wildman–Crippen LogP) is 2.88. The van der Waals surface area contributed by atoms with Crippen LogP contribution in [0.4, 0.5) is 19.3 Å². The SMILES string of the molecule is O=C(OCCF)N1c2ccccc2CCC1CF. The number of ether oxygens (including phenoxy) is 1. The van der Waals surface area contributed by atoms with E-state index in [9.17, 15) is 13.6 Å². The molecule has 1 aliphatic heterocycles. The number of nitrogens with zero attached hydrogens (tertiary/aromatic N) is 1. The maximum absolute atomic E-state index is 13.0. The molecule has 0 radical (unpaired) electrons. The molecule has 1 aromatic rings. The fourth-order valence-corrected chi connectivity index (χ4v) is 2.19. The van der Waals surface area contributed by atoms with Crippen molar-refractivity contribution in [2.45, 2.75) is 18.9 Å². The number of benzene rings is 1. The summed E-state index contributed by atoms with van der Waals surface area (Å²) in [5, 5.41) is 0. The summed E-state index contributed by atoms with van der Waals surface area (Å²) in [7, 11) is 0. The molecule has 0 fully saturated rings. The Morgan fingerprint density at radius 2 is 2.17 bits per heavy atom. The van der Waals surface area contributed by atoms with Crippen LogP contribution in [0.25, 0.3) is 0 Å². The first-order chi connectivity index (χ1) is 8.77. The molecule has 3 nitrogen and oxygen atoms in total. The molecule has 1 unspecified atom stereocenters. The van der Waals surface area contributed by atoms with Gasteiger partial charge in [-0.25, -0.2) is 13.6 Å². The maximum atomic E-state index is 13.0. The molecule has 1 heterocycles. The number of alkyl halides is 2. The van der Waals surface area contributed by atoms with Crippen molar-refractivity contribution in [2.75, 3.05) is 24.9 Å². The standard InChI is InChI=1S/C13H15F2NO2/c14-7-8-18-13(17)16-11(9-15)6-5-10-3-1-2-4-12(10)16/h1-4,11H,5-9H2. The Bertz CT molecular complexity index is 425. The summed E-state index contributed by atoms with van der Waals surface area (Å²) in [4.78, 5) is 13.2. The van der Waals surface area contributed by atoms with E-state index in [2.05, 4.69) is 0 Å². The van der Waals surface area contributed by atoms with Crippen LogP contribution in [0.1, 0.15) is 12.0 Å². The monoisotopic (exact) mass is 255 g/mol. The van der Waals surface area contributed by atoms with Gasteiger partial charge in [0.1, 0.15) is 20.0 Å². The highest BCUT2D eigenvalue weighted by atomic mass is 19.1. The molecule has 5 heteroatoms. The number of fused-ring (bicyclic) bond motifs is 1. The molecule has 1 aromatic carbocycles. The molecule has 0 aliphatic carbocycles. The molecule has 0 saturated carbocycles. The van der Waals surface area contributed by atoms with E-state index in [4.69, 9.17) is 4.74 Å². The highest BCUT2D eigenvalue weighted by molar-refractivity contribution is 5.90. The molecule has 0 N–H and O–H groups in total. The summed E-state index contributed by atoms with van der Waals surface area (Å²) in [5.74, 6) is 0. The molecular formula is C13H15F2NO2. The van der Waals surface area contributed by atoms with Crippen LogP contribution >= 0.6 is 0 Å². The van der Waals surface area contributed by atoms with Crippen LogP contribution in [0.5, 0.6) is 0 Å². The van der Waals surface area contributed by atoms with Crippen molar-refractivity contribution in [1.82, 2.24) is 0 Å². The smallest absolute Gasteiger partial charge is 0.414 e. The number of rotatable bonds is 3.